The van der Waals surface area contributed by atoms with Crippen LogP contribution in [-0.2, 0) is 4.79 Å². The summed E-state index contributed by atoms with van der Waals surface area (Å²) in [6.45, 7) is 2.25. The normalized spacial score (nSPS) is 38.4. The van der Waals surface area contributed by atoms with Crippen molar-refractivity contribution >= 4 is 5.78 Å². The first-order valence-electron chi connectivity index (χ1n) is 9.21. The number of ketones is 1. The van der Waals surface area contributed by atoms with E-state index in [4.69, 9.17) is 0 Å². The van der Waals surface area contributed by atoms with Crippen LogP contribution in [0, 0.1) is 23.2 Å². The number of unbranched alkanes of at least 4 members (excludes halogenated alkanes) is 4. The van der Waals surface area contributed by atoms with E-state index in [-0.39, 0.29) is 0 Å². The fourth-order valence-electron chi connectivity index (χ4n) is 5.94. The van der Waals surface area contributed by atoms with Crippen molar-refractivity contribution in [2.75, 3.05) is 0 Å². The molecule has 114 valence electrons. The van der Waals surface area contributed by atoms with E-state index in [9.17, 15) is 4.79 Å². The number of carbonyl (C=O) groups excluding carboxylic acids is 1. The number of rotatable bonds is 8. The minimum atomic E-state index is 0.468. The fraction of sp³-hybridized carbons (Fsp3) is 0.947. The molecular formula is C19H32O. The third-order valence-corrected chi connectivity index (χ3v) is 6.30. The Balaban J connectivity index is 1.44. The Morgan fingerprint density at radius 3 is 2.00 bits per heavy atom. The summed E-state index contributed by atoms with van der Waals surface area (Å²) in [5.74, 6) is 3.54. The lowest BCUT2D eigenvalue weighted by atomic mass is 9.48. The highest BCUT2D eigenvalue weighted by molar-refractivity contribution is 5.79. The van der Waals surface area contributed by atoms with Crippen molar-refractivity contribution < 1.29 is 4.79 Å². The van der Waals surface area contributed by atoms with Gasteiger partial charge in [-0.25, -0.2) is 0 Å². The molecule has 4 rings (SSSR count). The summed E-state index contributed by atoms with van der Waals surface area (Å²) < 4.78 is 0. The molecule has 1 nitrogen and oxygen atoms in total. The fourth-order valence-corrected chi connectivity index (χ4v) is 5.94. The smallest absolute Gasteiger partial charge is 0.133 e. The van der Waals surface area contributed by atoms with Gasteiger partial charge in [-0.2, -0.15) is 0 Å². The van der Waals surface area contributed by atoms with Crippen LogP contribution in [0.4, 0.5) is 0 Å². The minimum absolute atomic E-state index is 0.468. The van der Waals surface area contributed by atoms with Gasteiger partial charge in [-0.15, -0.1) is 0 Å². The Labute approximate surface area is 124 Å². The Morgan fingerprint density at radius 1 is 0.900 bits per heavy atom. The molecule has 0 aromatic rings. The molecule has 0 atom stereocenters. The van der Waals surface area contributed by atoms with E-state index in [1.54, 1.807) is 0 Å². The molecule has 0 amide bonds. The highest BCUT2D eigenvalue weighted by Crippen LogP contribution is 2.61. The summed E-state index contributed by atoms with van der Waals surface area (Å²) >= 11 is 0. The zero-order valence-electron chi connectivity index (χ0n) is 13.3. The van der Waals surface area contributed by atoms with Crippen LogP contribution in [0.1, 0.15) is 90.4 Å². The molecule has 20 heavy (non-hydrogen) atoms. The lowest BCUT2D eigenvalue weighted by Crippen LogP contribution is -2.46. The first-order chi connectivity index (χ1) is 9.69. The molecule has 0 aromatic carbocycles. The van der Waals surface area contributed by atoms with Crippen molar-refractivity contribution in [2.24, 2.45) is 23.2 Å². The van der Waals surface area contributed by atoms with Crippen LogP contribution < -0.4 is 0 Å². The maximum absolute atomic E-state index is 12.4. The highest BCUT2D eigenvalue weighted by Gasteiger charge is 2.51. The molecule has 0 aliphatic heterocycles. The maximum Gasteiger partial charge on any atom is 0.133 e. The summed E-state index contributed by atoms with van der Waals surface area (Å²) in [6.07, 6.45) is 16.8. The second-order valence-corrected chi connectivity index (χ2v) is 8.30. The van der Waals surface area contributed by atoms with E-state index >= 15 is 0 Å². The van der Waals surface area contributed by atoms with Crippen molar-refractivity contribution in [1.82, 2.24) is 0 Å². The Kier molecular flexibility index (Phi) is 4.52. The second-order valence-electron chi connectivity index (χ2n) is 8.30. The van der Waals surface area contributed by atoms with Crippen LogP contribution in [0.5, 0.6) is 0 Å². The van der Waals surface area contributed by atoms with Crippen LogP contribution in [-0.4, -0.2) is 5.78 Å². The van der Waals surface area contributed by atoms with Gasteiger partial charge in [0, 0.05) is 12.8 Å². The van der Waals surface area contributed by atoms with E-state index in [1.807, 2.05) is 0 Å². The van der Waals surface area contributed by atoms with Gasteiger partial charge in [0.15, 0.2) is 0 Å². The first-order valence-corrected chi connectivity index (χ1v) is 9.21. The predicted molar refractivity (Wildman–Crippen MR) is 83.6 cm³/mol. The van der Waals surface area contributed by atoms with E-state index < -0.39 is 0 Å². The molecule has 1 heteroatoms. The van der Waals surface area contributed by atoms with Crippen molar-refractivity contribution in [3.63, 3.8) is 0 Å². The van der Waals surface area contributed by atoms with Crippen LogP contribution in [0.25, 0.3) is 0 Å². The quantitative estimate of drug-likeness (QED) is 0.533. The number of carbonyl (C=O) groups is 1. The summed E-state index contributed by atoms with van der Waals surface area (Å²) in [5, 5.41) is 0. The standard InChI is InChI=1S/C19H32O/c1-2-3-4-5-6-7-18(20)14-19-11-15-8-16(12-19)10-17(9-15)13-19/h15-17H,2-14H2,1H3. The molecule has 0 unspecified atom stereocenters. The molecule has 0 N–H and O–H groups in total. The highest BCUT2D eigenvalue weighted by atomic mass is 16.1. The average molecular weight is 276 g/mol. The Bertz CT molecular complexity index is 308. The summed E-state index contributed by atoms with van der Waals surface area (Å²) in [6, 6.07) is 0. The van der Waals surface area contributed by atoms with Crippen LogP contribution in [0.2, 0.25) is 0 Å². The lowest BCUT2D eigenvalue weighted by Gasteiger charge is -2.56. The van der Waals surface area contributed by atoms with Gasteiger partial charge in [-0.1, -0.05) is 32.6 Å². The van der Waals surface area contributed by atoms with Gasteiger partial charge in [0.1, 0.15) is 5.78 Å². The van der Waals surface area contributed by atoms with Gasteiger partial charge in [0.05, 0.1) is 0 Å². The van der Waals surface area contributed by atoms with Crippen molar-refractivity contribution in [3.05, 3.63) is 0 Å². The lowest BCUT2D eigenvalue weighted by molar-refractivity contribution is -0.127. The zero-order valence-corrected chi connectivity index (χ0v) is 13.3. The van der Waals surface area contributed by atoms with Gasteiger partial charge < -0.3 is 0 Å². The summed E-state index contributed by atoms with van der Waals surface area (Å²) in [4.78, 5) is 12.4. The maximum atomic E-state index is 12.4. The third-order valence-electron chi connectivity index (χ3n) is 6.30. The van der Waals surface area contributed by atoms with Crippen molar-refractivity contribution in [2.45, 2.75) is 90.4 Å². The first kappa shape index (κ1) is 14.6. The van der Waals surface area contributed by atoms with Crippen LogP contribution >= 0.6 is 0 Å². The molecule has 4 saturated carbocycles. The average Bonchev–Trinajstić information content (AvgIpc) is 2.36. The second kappa shape index (κ2) is 6.20. The number of hydrogen-bond donors (Lipinski definition) is 0. The molecule has 4 fully saturated rings. The van der Waals surface area contributed by atoms with Crippen molar-refractivity contribution in [3.8, 4) is 0 Å². The SMILES string of the molecule is CCCCCCCC(=O)CC12CC3CC(CC(C3)C1)C2. The van der Waals surface area contributed by atoms with Crippen LogP contribution in [0.3, 0.4) is 0 Å². The monoisotopic (exact) mass is 276 g/mol. The minimum Gasteiger partial charge on any atom is -0.300 e. The van der Waals surface area contributed by atoms with E-state index in [1.165, 1.54) is 64.2 Å². The van der Waals surface area contributed by atoms with E-state index in [2.05, 4.69) is 6.92 Å². The molecule has 0 heterocycles. The Hall–Kier alpha value is -0.330. The number of Topliss-reactive ketones (excluding diaryl/α,β-unsaturated/α-hetero) is 1. The van der Waals surface area contributed by atoms with Gasteiger partial charge in [-0.3, -0.25) is 4.79 Å². The zero-order chi connectivity index (χ0) is 14.0. The largest absolute Gasteiger partial charge is 0.300 e. The molecular weight excluding hydrogens is 244 g/mol. The molecule has 0 aromatic heterocycles. The predicted octanol–water partition coefficient (Wildman–Crippen LogP) is 5.52. The van der Waals surface area contributed by atoms with Gasteiger partial charge in [0.2, 0.25) is 0 Å². The molecule has 0 radical (unpaired) electrons. The van der Waals surface area contributed by atoms with Gasteiger partial charge in [-0.05, 0) is 68.1 Å². The molecule has 4 aliphatic carbocycles. The topological polar surface area (TPSA) is 17.1 Å². The van der Waals surface area contributed by atoms with Crippen molar-refractivity contribution in [1.29, 1.82) is 0 Å². The van der Waals surface area contributed by atoms with E-state index in [0.29, 0.717) is 11.2 Å². The molecule has 4 bridgehead atoms. The van der Waals surface area contributed by atoms with Crippen LogP contribution in [0.15, 0.2) is 0 Å². The number of hydrogen-bond acceptors (Lipinski definition) is 1. The molecule has 0 spiro atoms. The molecule has 4 aliphatic rings. The summed E-state index contributed by atoms with van der Waals surface area (Å²) in [5.41, 5.74) is 0.468. The van der Waals surface area contributed by atoms with Gasteiger partial charge in [0.25, 0.3) is 0 Å². The summed E-state index contributed by atoms with van der Waals surface area (Å²) in [7, 11) is 0. The Morgan fingerprint density at radius 2 is 1.45 bits per heavy atom. The third kappa shape index (κ3) is 3.28. The van der Waals surface area contributed by atoms with Gasteiger partial charge >= 0.3 is 0 Å². The molecule has 0 saturated heterocycles. The van der Waals surface area contributed by atoms with E-state index in [0.717, 1.165) is 37.0 Å².